The Kier molecular flexibility index (Phi) is 6.49. The van der Waals surface area contributed by atoms with E-state index in [0.29, 0.717) is 17.2 Å². The summed E-state index contributed by atoms with van der Waals surface area (Å²) >= 11 is 6.13. The third-order valence-electron chi connectivity index (χ3n) is 4.48. The lowest BCUT2D eigenvalue weighted by Crippen LogP contribution is -2.39. The minimum absolute atomic E-state index is 0.0873. The summed E-state index contributed by atoms with van der Waals surface area (Å²) in [4.78, 5) is 12.7. The third kappa shape index (κ3) is 4.76. The van der Waals surface area contributed by atoms with E-state index in [1.165, 1.54) is 16.7 Å². The zero-order valence-corrected chi connectivity index (χ0v) is 16.3. The van der Waals surface area contributed by atoms with Gasteiger partial charge < -0.3 is 10.1 Å². The molecule has 1 amide bonds. The fourth-order valence-corrected chi connectivity index (χ4v) is 3.03. The number of amides is 1. The monoisotopic (exact) mass is 359 g/mol. The number of halogens is 1. The van der Waals surface area contributed by atoms with Crippen LogP contribution in [0, 0.1) is 20.8 Å². The summed E-state index contributed by atoms with van der Waals surface area (Å²) in [5.74, 6) is 0.397. The second kappa shape index (κ2) is 8.39. The molecule has 3 nitrogen and oxygen atoms in total. The van der Waals surface area contributed by atoms with Crippen LogP contribution in [0.5, 0.6) is 5.75 Å². The van der Waals surface area contributed by atoms with Crippen molar-refractivity contribution in [3.63, 3.8) is 0 Å². The summed E-state index contributed by atoms with van der Waals surface area (Å²) in [5, 5.41) is 3.57. The van der Waals surface area contributed by atoms with Crippen LogP contribution in [-0.4, -0.2) is 12.0 Å². The molecule has 0 aliphatic carbocycles. The summed E-state index contributed by atoms with van der Waals surface area (Å²) in [6, 6.07) is 11.4. The highest BCUT2D eigenvalue weighted by atomic mass is 35.5. The summed E-state index contributed by atoms with van der Waals surface area (Å²) < 4.78 is 5.82. The lowest BCUT2D eigenvalue weighted by molar-refractivity contribution is -0.128. The van der Waals surface area contributed by atoms with Crippen LogP contribution in [0.3, 0.4) is 0 Å². The molecule has 0 fully saturated rings. The highest BCUT2D eigenvalue weighted by molar-refractivity contribution is 6.32. The Morgan fingerprint density at radius 2 is 1.76 bits per heavy atom. The van der Waals surface area contributed by atoms with E-state index in [-0.39, 0.29) is 11.9 Å². The second-order valence-corrected chi connectivity index (χ2v) is 6.88. The molecule has 0 saturated heterocycles. The number of para-hydroxylation sites is 1. The molecule has 2 aromatic carbocycles. The van der Waals surface area contributed by atoms with E-state index >= 15 is 0 Å². The molecule has 0 heterocycles. The van der Waals surface area contributed by atoms with Crippen LogP contribution in [-0.2, 0) is 4.79 Å². The van der Waals surface area contributed by atoms with Crippen LogP contribution in [0.2, 0.25) is 5.02 Å². The van der Waals surface area contributed by atoms with Gasteiger partial charge in [-0.2, -0.15) is 0 Å². The first-order valence-corrected chi connectivity index (χ1v) is 9.00. The van der Waals surface area contributed by atoms with Gasteiger partial charge in [-0.05, 0) is 68.5 Å². The van der Waals surface area contributed by atoms with Gasteiger partial charge in [0.25, 0.3) is 5.91 Å². The number of nitrogens with one attached hydrogen (secondary N) is 1. The Morgan fingerprint density at radius 1 is 1.12 bits per heavy atom. The molecule has 2 rings (SSSR count). The van der Waals surface area contributed by atoms with Crippen LogP contribution in [0.25, 0.3) is 0 Å². The molecular formula is C21H26ClNO2. The molecule has 2 aromatic rings. The summed E-state index contributed by atoms with van der Waals surface area (Å²) in [6.07, 6.45) is -0.00965. The number of rotatable bonds is 6. The first-order chi connectivity index (χ1) is 11.8. The van der Waals surface area contributed by atoms with Crippen LogP contribution in [0.4, 0.5) is 0 Å². The Labute approximate surface area is 155 Å². The van der Waals surface area contributed by atoms with Crippen LogP contribution < -0.4 is 10.1 Å². The van der Waals surface area contributed by atoms with Crippen LogP contribution >= 0.6 is 11.6 Å². The molecule has 0 bridgehead atoms. The van der Waals surface area contributed by atoms with Gasteiger partial charge in [0, 0.05) is 0 Å². The summed E-state index contributed by atoms with van der Waals surface area (Å²) in [5.41, 5.74) is 4.79. The smallest absolute Gasteiger partial charge is 0.261 e. The predicted molar refractivity (Wildman–Crippen MR) is 103 cm³/mol. The number of carbonyl (C=O) groups is 1. The number of aryl methyl sites for hydroxylation is 3. The molecule has 0 saturated carbocycles. The Bertz CT molecular complexity index is 758. The Balaban J connectivity index is 2.11. The predicted octanol–water partition coefficient (Wildman–Crippen LogP) is 5.30. The molecule has 4 heteroatoms. The molecule has 0 spiro atoms. The highest BCUT2D eigenvalue weighted by Crippen LogP contribution is 2.26. The van der Waals surface area contributed by atoms with Gasteiger partial charge in [0.05, 0.1) is 11.1 Å². The molecule has 0 radical (unpaired) electrons. The van der Waals surface area contributed by atoms with Crippen molar-refractivity contribution in [3.8, 4) is 5.75 Å². The second-order valence-electron chi connectivity index (χ2n) is 6.47. The number of carbonyl (C=O) groups excluding carboxylic acids is 1. The first-order valence-electron chi connectivity index (χ1n) is 8.62. The average Bonchev–Trinajstić information content (AvgIpc) is 2.57. The van der Waals surface area contributed by atoms with Gasteiger partial charge in [0.15, 0.2) is 6.10 Å². The van der Waals surface area contributed by atoms with Gasteiger partial charge >= 0.3 is 0 Å². The Hall–Kier alpha value is -2.00. The molecule has 0 aliphatic heterocycles. The zero-order valence-electron chi connectivity index (χ0n) is 15.5. The summed E-state index contributed by atoms with van der Waals surface area (Å²) in [6.45, 7) is 10.2. The molecule has 0 aromatic heterocycles. The maximum Gasteiger partial charge on any atom is 0.261 e. The zero-order chi connectivity index (χ0) is 18.6. The van der Waals surface area contributed by atoms with Crippen molar-refractivity contribution >= 4 is 17.5 Å². The van der Waals surface area contributed by atoms with Gasteiger partial charge in [-0.25, -0.2) is 0 Å². The van der Waals surface area contributed by atoms with Crippen LogP contribution in [0.15, 0.2) is 36.4 Å². The largest absolute Gasteiger partial charge is 0.479 e. The van der Waals surface area contributed by atoms with E-state index in [0.717, 1.165) is 5.56 Å². The van der Waals surface area contributed by atoms with Gasteiger partial charge in [0.1, 0.15) is 5.75 Å². The maximum atomic E-state index is 12.7. The molecule has 25 heavy (non-hydrogen) atoms. The topological polar surface area (TPSA) is 38.3 Å². The van der Waals surface area contributed by atoms with Crippen molar-refractivity contribution in [2.45, 2.75) is 53.2 Å². The standard InChI is InChI=1S/C21H26ClNO2/c1-6-19(25-20-10-8-7-9-18(20)22)21(24)23-16(5)17-12-14(3)13(2)11-15(17)4/h7-12,16,19H,6H2,1-5H3,(H,23,24)/t16-,19+/m1/s1. The number of ether oxygens (including phenoxy) is 1. The molecule has 134 valence electrons. The fourth-order valence-electron chi connectivity index (χ4n) is 2.85. The molecular weight excluding hydrogens is 334 g/mol. The van der Waals surface area contributed by atoms with Crippen molar-refractivity contribution in [1.29, 1.82) is 0 Å². The van der Waals surface area contributed by atoms with Crippen molar-refractivity contribution in [3.05, 3.63) is 63.7 Å². The minimum Gasteiger partial charge on any atom is -0.479 e. The third-order valence-corrected chi connectivity index (χ3v) is 4.79. The molecule has 0 aliphatic rings. The minimum atomic E-state index is -0.575. The van der Waals surface area contributed by atoms with E-state index < -0.39 is 6.10 Å². The van der Waals surface area contributed by atoms with Gasteiger partial charge in [-0.15, -0.1) is 0 Å². The van der Waals surface area contributed by atoms with Crippen molar-refractivity contribution < 1.29 is 9.53 Å². The number of hydrogen-bond acceptors (Lipinski definition) is 2. The number of benzene rings is 2. The SMILES string of the molecule is CC[C@H](Oc1ccccc1Cl)C(=O)N[C@H](C)c1cc(C)c(C)cc1C. The van der Waals surface area contributed by atoms with Gasteiger partial charge in [-0.3, -0.25) is 4.79 Å². The molecule has 0 unspecified atom stereocenters. The fraction of sp³-hybridized carbons (Fsp3) is 0.381. The normalized spacial score (nSPS) is 13.2. The lowest BCUT2D eigenvalue weighted by atomic mass is 9.96. The van der Waals surface area contributed by atoms with Crippen molar-refractivity contribution in [2.75, 3.05) is 0 Å². The van der Waals surface area contributed by atoms with Crippen molar-refractivity contribution in [2.24, 2.45) is 0 Å². The van der Waals surface area contributed by atoms with E-state index in [1.54, 1.807) is 12.1 Å². The maximum absolute atomic E-state index is 12.7. The van der Waals surface area contributed by atoms with Gasteiger partial charge in [-0.1, -0.05) is 42.8 Å². The molecule has 1 N–H and O–H groups in total. The summed E-state index contributed by atoms with van der Waals surface area (Å²) in [7, 11) is 0. The van der Waals surface area contributed by atoms with E-state index in [9.17, 15) is 4.79 Å². The first kappa shape index (κ1) is 19.3. The number of hydrogen-bond donors (Lipinski definition) is 1. The highest BCUT2D eigenvalue weighted by Gasteiger charge is 2.22. The average molecular weight is 360 g/mol. The quantitative estimate of drug-likeness (QED) is 0.760. The van der Waals surface area contributed by atoms with E-state index in [1.807, 2.05) is 26.0 Å². The van der Waals surface area contributed by atoms with Gasteiger partial charge in [0.2, 0.25) is 0 Å². The van der Waals surface area contributed by atoms with Crippen LogP contribution in [0.1, 0.15) is 48.6 Å². The van der Waals surface area contributed by atoms with Crippen molar-refractivity contribution in [1.82, 2.24) is 5.32 Å². The Morgan fingerprint density at radius 3 is 2.40 bits per heavy atom. The molecule has 2 atom stereocenters. The lowest BCUT2D eigenvalue weighted by Gasteiger charge is -2.22. The van der Waals surface area contributed by atoms with E-state index in [2.05, 4.69) is 38.2 Å². The van der Waals surface area contributed by atoms with E-state index in [4.69, 9.17) is 16.3 Å².